The first kappa shape index (κ1) is 17.0. The summed E-state index contributed by atoms with van der Waals surface area (Å²) >= 11 is 5.89. The quantitative estimate of drug-likeness (QED) is 0.534. The third-order valence-electron chi connectivity index (χ3n) is 3.81. The minimum absolute atomic E-state index is 0.0157. The Morgan fingerprint density at radius 1 is 1.24 bits per heavy atom. The number of hydrogen-bond acceptors (Lipinski definition) is 4. The number of para-hydroxylation sites is 2. The molecule has 126 valence electrons. The van der Waals surface area contributed by atoms with E-state index in [9.17, 15) is 10.4 Å². The van der Waals surface area contributed by atoms with E-state index in [2.05, 4.69) is 9.97 Å². The maximum absolute atomic E-state index is 10.4. The number of aromatic amines is 1. The molecule has 0 spiro atoms. The molecule has 0 atom stereocenters. The van der Waals surface area contributed by atoms with Gasteiger partial charge in [0, 0.05) is 11.6 Å². The fourth-order valence-electron chi connectivity index (χ4n) is 2.62. The van der Waals surface area contributed by atoms with Crippen molar-refractivity contribution in [3.8, 4) is 6.07 Å². The van der Waals surface area contributed by atoms with Gasteiger partial charge in [0.1, 0.15) is 17.4 Å². The van der Waals surface area contributed by atoms with Crippen molar-refractivity contribution < 1.29 is 5.11 Å². The number of likely N-dealkylation sites (N-methyl/N-ethyl adjacent to an activating group) is 1. The highest BCUT2D eigenvalue weighted by Crippen LogP contribution is 2.19. The lowest BCUT2D eigenvalue weighted by Crippen LogP contribution is -2.21. The highest BCUT2D eigenvalue weighted by molar-refractivity contribution is 6.30. The molecule has 6 heteroatoms. The van der Waals surface area contributed by atoms with Crippen molar-refractivity contribution in [3.63, 3.8) is 0 Å². The highest BCUT2D eigenvalue weighted by Gasteiger charge is 2.14. The minimum Gasteiger partial charge on any atom is -0.509 e. The normalized spacial score (nSPS) is 12.2. The van der Waals surface area contributed by atoms with Gasteiger partial charge in [-0.05, 0) is 36.9 Å². The largest absolute Gasteiger partial charge is 0.509 e. The number of aromatic nitrogens is 2. The third-order valence-corrected chi connectivity index (χ3v) is 4.06. The van der Waals surface area contributed by atoms with Crippen molar-refractivity contribution in [3.05, 3.63) is 70.7 Å². The molecule has 0 aliphatic rings. The molecule has 0 amide bonds. The molecule has 3 aromatic rings. The van der Waals surface area contributed by atoms with Crippen LogP contribution < -0.4 is 0 Å². The molecule has 25 heavy (non-hydrogen) atoms. The number of halogens is 1. The Morgan fingerprint density at radius 3 is 2.64 bits per heavy atom. The lowest BCUT2D eigenvalue weighted by molar-refractivity contribution is 0.286. The van der Waals surface area contributed by atoms with Crippen LogP contribution in [0, 0.1) is 11.3 Å². The van der Waals surface area contributed by atoms with Crippen LogP contribution in [0.5, 0.6) is 0 Å². The predicted molar refractivity (Wildman–Crippen MR) is 99.0 cm³/mol. The number of aliphatic hydroxyl groups excluding tert-OH is 1. The Bertz CT molecular complexity index is 920. The molecular formula is C19H17ClN4O. The van der Waals surface area contributed by atoms with Crippen molar-refractivity contribution in [2.75, 3.05) is 13.6 Å². The first-order valence-corrected chi connectivity index (χ1v) is 8.15. The van der Waals surface area contributed by atoms with Crippen molar-refractivity contribution in [2.24, 2.45) is 0 Å². The van der Waals surface area contributed by atoms with Gasteiger partial charge in [-0.15, -0.1) is 0 Å². The molecule has 0 aliphatic carbocycles. The molecular weight excluding hydrogens is 336 g/mol. The van der Waals surface area contributed by atoms with E-state index in [0.29, 0.717) is 17.4 Å². The Kier molecular flexibility index (Phi) is 5.03. The van der Waals surface area contributed by atoms with Crippen LogP contribution in [0.3, 0.4) is 0 Å². The maximum Gasteiger partial charge on any atom is 0.152 e. The third kappa shape index (κ3) is 4.00. The summed E-state index contributed by atoms with van der Waals surface area (Å²) in [6, 6.07) is 17.1. The molecule has 0 unspecified atom stereocenters. The average Bonchev–Trinajstić information content (AvgIpc) is 3.01. The van der Waals surface area contributed by atoms with Crippen LogP contribution in [0.4, 0.5) is 0 Å². The summed E-state index contributed by atoms with van der Waals surface area (Å²) < 4.78 is 0. The van der Waals surface area contributed by atoms with Crippen LogP contribution in [0.1, 0.15) is 11.4 Å². The monoisotopic (exact) mass is 352 g/mol. The zero-order valence-corrected chi connectivity index (χ0v) is 14.5. The number of aliphatic hydroxyl groups is 1. The smallest absolute Gasteiger partial charge is 0.152 e. The molecule has 0 saturated heterocycles. The summed E-state index contributed by atoms with van der Waals surface area (Å²) in [5.74, 6) is 0.360. The second kappa shape index (κ2) is 7.39. The van der Waals surface area contributed by atoms with Gasteiger partial charge in [0.05, 0.1) is 17.6 Å². The standard InChI is InChI=1S/C19H17ClN4O/c1-24(11-13-6-8-14(20)9-7-13)12-18(25)15(10-21)19-22-16-4-2-3-5-17(16)23-19/h2-9,25H,11-12H2,1H3,(H,22,23)/b18-15-. The van der Waals surface area contributed by atoms with Crippen LogP contribution in [0.15, 0.2) is 54.3 Å². The number of imidazole rings is 1. The lowest BCUT2D eigenvalue weighted by atomic mass is 10.2. The number of H-pyrrole nitrogens is 1. The number of benzene rings is 2. The van der Waals surface area contributed by atoms with E-state index < -0.39 is 0 Å². The van der Waals surface area contributed by atoms with Crippen LogP contribution in [-0.2, 0) is 6.54 Å². The SMILES string of the molecule is CN(C/C(O)=C(\C#N)c1nc2ccccc2[nH]1)Cc1ccc(Cl)cc1. The zero-order chi connectivity index (χ0) is 17.8. The van der Waals surface area contributed by atoms with E-state index in [1.807, 2.05) is 66.5 Å². The Hall–Kier alpha value is -2.81. The summed E-state index contributed by atoms with van der Waals surface area (Å²) in [6.45, 7) is 0.864. The Balaban J connectivity index is 1.79. The van der Waals surface area contributed by atoms with E-state index in [-0.39, 0.29) is 17.9 Å². The van der Waals surface area contributed by atoms with Gasteiger partial charge in [-0.1, -0.05) is 35.9 Å². The number of allylic oxidation sites excluding steroid dienone is 1. The van der Waals surface area contributed by atoms with Gasteiger partial charge >= 0.3 is 0 Å². The molecule has 5 nitrogen and oxygen atoms in total. The predicted octanol–water partition coefficient (Wildman–Crippen LogP) is 4.14. The number of fused-ring (bicyclic) bond motifs is 1. The highest BCUT2D eigenvalue weighted by atomic mass is 35.5. The number of nitrogens with zero attached hydrogens (tertiary/aromatic N) is 3. The van der Waals surface area contributed by atoms with Crippen LogP contribution >= 0.6 is 11.6 Å². The van der Waals surface area contributed by atoms with Gasteiger partial charge < -0.3 is 10.1 Å². The van der Waals surface area contributed by atoms with Gasteiger partial charge in [-0.3, -0.25) is 4.90 Å². The molecule has 1 aromatic heterocycles. The zero-order valence-electron chi connectivity index (χ0n) is 13.7. The van der Waals surface area contributed by atoms with Crippen molar-refractivity contribution in [1.29, 1.82) is 5.26 Å². The molecule has 3 rings (SSSR count). The van der Waals surface area contributed by atoms with E-state index in [0.717, 1.165) is 16.6 Å². The molecule has 0 aliphatic heterocycles. The van der Waals surface area contributed by atoms with Gasteiger partial charge in [0.25, 0.3) is 0 Å². The van der Waals surface area contributed by atoms with E-state index in [1.165, 1.54) is 0 Å². The fourth-order valence-corrected chi connectivity index (χ4v) is 2.74. The first-order chi connectivity index (χ1) is 12.1. The average molecular weight is 353 g/mol. The molecule has 0 fully saturated rings. The molecule has 0 bridgehead atoms. The van der Waals surface area contributed by atoms with Crippen LogP contribution in [0.25, 0.3) is 16.6 Å². The van der Waals surface area contributed by atoms with Gasteiger partial charge in [-0.25, -0.2) is 4.98 Å². The number of rotatable bonds is 5. The number of nitrogens with one attached hydrogen (secondary N) is 1. The van der Waals surface area contributed by atoms with Crippen molar-refractivity contribution >= 4 is 28.2 Å². The summed E-state index contributed by atoms with van der Waals surface area (Å²) in [6.07, 6.45) is 0. The van der Waals surface area contributed by atoms with Gasteiger partial charge in [-0.2, -0.15) is 5.26 Å². The Labute approximate surface area is 150 Å². The summed E-state index contributed by atoms with van der Waals surface area (Å²) in [5, 5.41) is 20.5. The molecule has 2 aromatic carbocycles. The molecule has 2 N–H and O–H groups in total. The molecule has 0 radical (unpaired) electrons. The maximum atomic E-state index is 10.4. The van der Waals surface area contributed by atoms with E-state index in [1.54, 1.807) is 0 Å². The van der Waals surface area contributed by atoms with E-state index >= 15 is 0 Å². The Morgan fingerprint density at radius 2 is 1.96 bits per heavy atom. The summed E-state index contributed by atoms with van der Waals surface area (Å²) in [4.78, 5) is 9.36. The van der Waals surface area contributed by atoms with Crippen molar-refractivity contribution in [2.45, 2.75) is 6.54 Å². The summed E-state index contributed by atoms with van der Waals surface area (Å²) in [7, 11) is 1.87. The fraction of sp³-hybridized carbons (Fsp3) is 0.158. The lowest BCUT2D eigenvalue weighted by Gasteiger charge is -2.16. The van der Waals surface area contributed by atoms with Gasteiger partial charge in [0.15, 0.2) is 5.82 Å². The van der Waals surface area contributed by atoms with Gasteiger partial charge in [0.2, 0.25) is 0 Å². The minimum atomic E-state index is -0.0157. The van der Waals surface area contributed by atoms with Crippen LogP contribution in [-0.4, -0.2) is 33.6 Å². The molecule has 0 saturated carbocycles. The summed E-state index contributed by atoms with van der Waals surface area (Å²) in [5.41, 5.74) is 2.81. The van der Waals surface area contributed by atoms with Crippen molar-refractivity contribution in [1.82, 2.24) is 14.9 Å². The second-order valence-electron chi connectivity index (χ2n) is 5.83. The second-order valence-corrected chi connectivity index (χ2v) is 6.27. The number of nitriles is 1. The molecule has 1 heterocycles. The topological polar surface area (TPSA) is 75.9 Å². The number of hydrogen-bond donors (Lipinski definition) is 2. The van der Waals surface area contributed by atoms with E-state index in [4.69, 9.17) is 11.6 Å². The van der Waals surface area contributed by atoms with Crippen LogP contribution in [0.2, 0.25) is 5.02 Å². The first-order valence-electron chi connectivity index (χ1n) is 7.77.